The molecule has 1 heterocycles. The SMILES string of the molecule is C=CCOc1ccc(CN)nn1. The van der Waals surface area contributed by atoms with Crippen molar-refractivity contribution in [3.05, 3.63) is 30.5 Å². The highest BCUT2D eigenvalue weighted by Gasteiger charge is 1.94. The van der Waals surface area contributed by atoms with Crippen molar-refractivity contribution in [2.24, 2.45) is 5.73 Å². The van der Waals surface area contributed by atoms with Gasteiger partial charge in [0.25, 0.3) is 0 Å². The highest BCUT2D eigenvalue weighted by molar-refractivity contribution is 5.11. The Hall–Kier alpha value is -1.42. The molecule has 0 saturated carbocycles. The van der Waals surface area contributed by atoms with E-state index < -0.39 is 0 Å². The van der Waals surface area contributed by atoms with Gasteiger partial charge in [-0.1, -0.05) is 12.7 Å². The van der Waals surface area contributed by atoms with Crippen molar-refractivity contribution in [1.29, 1.82) is 0 Å². The van der Waals surface area contributed by atoms with Gasteiger partial charge in [0, 0.05) is 12.6 Å². The van der Waals surface area contributed by atoms with Crippen molar-refractivity contribution in [2.75, 3.05) is 6.61 Å². The van der Waals surface area contributed by atoms with Crippen LogP contribution in [-0.4, -0.2) is 16.8 Å². The van der Waals surface area contributed by atoms with Gasteiger partial charge in [-0.05, 0) is 6.07 Å². The average Bonchev–Trinajstić information content (AvgIpc) is 2.15. The van der Waals surface area contributed by atoms with Crippen molar-refractivity contribution >= 4 is 0 Å². The van der Waals surface area contributed by atoms with Gasteiger partial charge in [-0.15, -0.1) is 5.10 Å². The lowest BCUT2D eigenvalue weighted by Gasteiger charge is -2.00. The molecule has 0 amide bonds. The molecular formula is C8H11N3O. The van der Waals surface area contributed by atoms with Gasteiger partial charge in [0.05, 0.1) is 5.69 Å². The molecule has 4 nitrogen and oxygen atoms in total. The first-order valence-electron chi connectivity index (χ1n) is 3.63. The zero-order valence-corrected chi connectivity index (χ0v) is 6.73. The second-order valence-electron chi connectivity index (χ2n) is 2.17. The molecule has 0 aliphatic heterocycles. The third-order valence-electron chi connectivity index (χ3n) is 1.25. The van der Waals surface area contributed by atoms with Crippen LogP contribution < -0.4 is 10.5 Å². The van der Waals surface area contributed by atoms with E-state index in [4.69, 9.17) is 10.5 Å². The summed E-state index contributed by atoms with van der Waals surface area (Å²) in [4.78, 5) is 0. The van der Waals surface area contributed by atoms with E-state index in [0.29, 0.717) is 19.0 Å². The quantitative estimate of drug-likeness (QED) is 0.660. The maximum Gasteiger partial charge on any atom is 0.233 e. The molecule has 1 aromatic heterocycles. The molecule has 0 radical (unpaired) electrons. The van der Waals surface area contributed by atoms with Gasteiger partial charge in [0.15, 0.2) is 0 Å². The molecule has 0 aromatic carbocycles. The van der Waals surface area contributed by atoms with Gasteiger partial charge in [0.1, 0.15) is 6.61 Å². The fraction of sp³-hybridized carbons (Fsp3) is 0.250. The van der Waals surface area contributed by atoms with E-state index in [2.05, 4.69) is 16.8 Å². The summed E-state index contributed by atoms with van der Waals surface area (Å²) in [5.41, 5.74) is 6.09. The second-order valence-corrected chi connectivity index (χ2v) is 2.17. The van der Waals surface area contributed by atoms with E-state index in [9.17, 15) is 0 Å². The van der Waals surface area contributed by atoms with Crippen molar-refractivity contribution in [3.8, 4) is 5.88 Å². The fourth-order valence-electron chi connectivity index (χ4n) is 0.678. The lowest BCUT2D eigenvalue weighted by atomic mass is 10.4. The molecule has 64 valence electrons. The minimum Gasteiger partial charge on any atom is -0.472 e. The molecule has 12 heavy (non-hydrogen) atoms. The number of nitrogens with zero attached hydrogens (tertiary/aromatic N) is 2. The third-order valence-corrected chi connectivity index (χ3v) is 1.25. The van der Waals surface area contributed by atoms with Crippen molar-refractivity contribution in [3.63, 3.8) is 0 Å². The first-order valence-corrected chi connectivity index (χ1v) is 3.63. The van der Waals surface area contributed by atoms with E-state index in [-0.39, 0.29) is 0 Å². The first-order chi connectivity index (χ1) is 5.86. The Morgan fingerprint density at radius 3 is 2.83 bits per heavy atom. The first kappa shape index (κ1) is 8.67. The van der Waals surface area contributed by atoms with E-state index in [1.165, 1.54) is 0 Å². The summed E-state index contributed by atoms with van der Waals surface area (Å²) in [7, 11) is 0. The molecule has 1 aromatic rings. The molecule has 0 bridgehead atoms. The summed E-state index contributed by atoms with van der Waals surface area (Å²) in [6, 6.07) is 3.52. The summed E-state index contributed by atoms with van der Waals surface area (Å²) in [6.07, 6.45) is 1.65. The van der Waals surface area contributed by atoms with Crippen LogP contribution in [0.25, 0.3) is 0 Å². The van der Waals surface area contributed by atoms with Crippen LogP contribution in [0.3, 0.4) is 0 Å². The zero-order valence-electron chi connectivity index (χ0n) is 6.73. The van der Waals surface area contributed by atoms with E-state index in [1.54, 1.807) is 18.2 Å². The number of hydrogen-bond donors (Lipinski definition) is 1. The predicted octanol–water partition coefficient (Wildman–Crippen LogP) is 0.500. The summed E-state index contributed by atoms with van der Waals surface area (Å²) in [5, 5.41) is 7.60. The lowest BCUT2D eigenvalue weighted by molar-refractivity contribution is 0.343. The molecule has 4 heteroatoms. The van der Waals surface area contributed by atoms with Gasteiger partial charge < -0.3 is 10.5 Å². The average molecular weight is 165 g/mol. The Balaban J connectivity index is 2.58. The minimum atomic E-state index is 0.398. The molecule has 0 saturated heterocycles. The summed E-state index contributed by atoms with van der Waals surface area (Å²) >= 11 is 0. The number of rotatable bonds is 4. The Kier molecular flexibility index (Phi) is 3.22. The predicted molar refractivity (Wildman–Crippen MR) is 45.6 cm³/mol. The van der Waals surface area contributed by atoms with Crippen LogP contribution in [0.1, 0.15) is 5.69 Å². The Morgan fingerprint density at radius 1 is 1.50 bits per heavy atom. The largest absolute Gasteiger partial charge is 0.472 e. The van der Waals surface area contributed by atoms with Gasteiger partial charge in [-0.2, -0.15) is 5.10 Å². The number of ether oxygens (including phenoxy) is 1. The molecule has 1 rings (SSSR count). The Labute approximate surface area is 71.1 Å². The second kappa shape index (κ2) is 4.46. The Bertz CT molecular complexity index is 245. The summed E-state index contributed by atoms with van der Waals surface area (Å²) in [5.74, 6) is 0.493. The van der Waals surface area contributed by atoms with Gasteiger partial charge >= 0.3 is 0 Å². The normalized spacial score (nSPS) is 9.42. The van der Waals surface area contributed by atoms with Crippen LogP contribution in [0, 0.1) is 0 Å². The van der Waals surface area contributed by atoms with Gasteiger partial charge in [-0.3, -0.25) is 0 Å². The smallest absolute Gasteiger partial charge is 0.233 e. The number of aromatic nitrogens is 2. The molecule has 0 atom stereocenters. The highest BCUT2D eigenvalue weighted by atomic mass is 16.5. The van der Waals surface area contributed by atoms with Crippen LogP contribution in [0.5, 0.6) is 5.88 Å². The minimum absolute atomic E-state index is 0.398. The lowest BCUT2D eigenvalue weighted by Crippen LogP contribution is -2.02. The monoisotopic (exact) mass is 165 g/mol. The van der Waals surface area contributed by atoms with Crippen LogP contribution in [0.2, 0.25) is 0 Å². The topological polar surface area (TPSA) is 61.0 Å². The summed E-state index contributed by atoms with van der Waals surface area (Å²) in [6.45, 7) is 4.35. The molecule has 0 aliphatic rings. The zero-order chi connectivity index (χ0) is 8.81. The van der Waals surface area contributed by atoms with Crippen LogP contribution in [-0.2, 0) is 6.54 Å². The van der Waals surface area contributed by atoms with Crippen molar-refractivity contribution < 1.29 is 4.74 Å². The number of nitrogens with two attached hydrogens (primary N) is 1. The molecule has 0 spiro atoms. The Morgan fingerprint density at radius 2 is 2.33 bits per heavy atom. The molecule has 0 unspecified atom stereocenters. The molecule has 2 N–H and O–H groups in total. The van der Waals surface area contributed by atoms with Gasteiger partial charge in [0.2, 0.25) is 5.88 Å². The maximum atomic E-state index is 5.34. The molecular weight excluding hydrogens is 154 g/mol. The standard InChI is InChI=1S/C8H11N3O/c1-2-5-12-8-4-3-7(6-9)10-11-8/h2-4H,1,5-6,9H2. The van der Waals surface area contributed by atoms with Crippen LogP contribution in [0.4, 0.5) is 0 Å². The van der Waals surface area contributed by atoms with E-state index in [0.717, 1.165) is 5.69 Å². The van der Waals surface area contributed by atoms with Crippen molar-refractivity contribution in [1.82, 2.24) is 10.2 Å². The fourth-order valence-corrected chi connectivity index (χ4v) is 0.678. The highest BCUT2D eigenvalue weighted by Crippen LogP contribution is 2.03. The number of hydrogen-bond acceptors (Lipinski definition) is 4. The maximum absolute atomic E-state index is 5.34. The van der Waals surface area contributed by atoms with E-state index >= 15 is 0 Å². The van der Waals surface area contributed by atoms with E-state index in [1.807, 2.05) is 0 Å². The van der Waals surface area contributed by atoms with Crippen LogP contribution in [0.15, 0.2) is 24.8 Å². The molecule has 0 aliphatic carbocycles. The third kappa shape index (κ3) is 2.32. The van der Waals surface area contributed by atoms with Crippen LogP contribution >= 0.6 is 0 Å². The van der Waals surface area contributed by atoms with Gasteiger partial charge in [-0.25, -0.2) is 0 Å². The van der Waals surface area contributed by atoms with Crippen molar-refractivity contribution in [2.45, 2.75) is 6.54 Å². The molecule has 0 fully saturated rings. The summed E-state index contributed by atoms with van der Waals surface area (Å²) < 4.78 is 5.12.